The van der Waals surface area contributed by atoms with E-state index in [4.69, 9.17) is 46.8 Å². The van der Waals surface area contributed by atoms with Gasteiger partial charge in [-0.05, 0) is 262 Å². The van der Waals surface area contributed by atoms with Gasteiger partial charge in [0.1, 0.15) is 35.3 Å². The summed E-state index contributed by atoms with van der Waals surface area (Å²) in [5.41, 5.74) is 15.6. The van der Waals surface area contributed by atoms with Crippen LogP contribution in [0.2, 0.25) is 0 Å². The molecule has 5 heterocycles. The molecule has 5 aromatic heterocycles. The molecule has 0 fully saturated rings. The summed E-state index contributed by atoms with van der Waals surface area (Å²) < 4.78 is 6.11. The number of ether oxygens (including phenoxy) is 1. The van der Waals surface area contributed by atoms with Crippen molar-refractivity contribution in [1.82, 2.24) is 25.3 Å². The number of unbranched alkanes of at least 4 members (excludes halogenated alkanes) is 13. The number of nitrogens with one attached hydrogen (secondary N) is 1. The van der Waals surface area contributed by atoms with E-state index in [1.807, 2.05) is 60.7 Å². The number of ketones is 1. The number of hydrogen-bond donors (Lipinski definition) is 1. The van der Waals surface area contributed by atoms with E-state index in [-0.39, 0.29) is 17.5 Å². The van der Waals surface area contributed by atoms with E-state index in [1.54, 1.807) is 150 Å². The van der Waals surface area contributed by atoms with Crippen molar-refractivity contribution in [2.45, 2.75) is 169 Å². The molecule has 0 bridgehead atoms. The van der Waals surface area contributed by atoms with Crippen molar-refractivity contribution in [1.29, 1.82) is 42.1 Å². The Kier molecular flexibility index (Phi) is 43.9. The van der Waals surface area contributed by atoms with Crippen LogP contribution in [0.1, 0.15) is 320 Å². The van der Waals surface area contributed by atoms with Crippen LogP contribution < -0.4 is 10.1 Å². The number of Topliss-reactive ketones (excluding diaryl/α,β-unsaturated/α-hetero) is 1. The molecule has 0 saturated heterocycles. The summed E-state index contributed by atoms with van der Waals surface area (Å²) in [6.07, 6.45) is 28.0. The molecule has 7 aromatic carbocycles. The van der Waals surface area contributed by atoms with Crippen LogP contribution in [0.3, 0.4) is 0 Å². The number of thiophene rings is 2. The smallest absolute Gasteiger partial charge is 0.252 e. The van der Waals surface area contributed by atoms with Gasteiger partial charge < -0.3 is 10.1 Å². The van der Waals surface area contributed by atoms with E-state index >= 15 is 0 Å². The molecule has 0 aliphatic carbocycles. The zero-order valence-electron chi connectivity index (χ0n) is 76.9. The molecule has 0 aliphatic heterocycles. The summed E-state index contributed by atoms with van der Waals surface area (Å²) in [6.45, 7) is 11.9. The van der Waals surface area contributed by atoms with Gasteiger partial charge in [-0.3, -0.25) is 9.59 Å². The molecule has 1 N–H and O–H groups in total. The Labute approximate surface area is 808 Å². The summed E-state index contributed by atoms with van der Waals surface area (Å²) in [6, 6.07) is 72.7. The first-order valence-corrected chi connectivity index (χ1v) is 46.9. The molecule has 12 rings (SSSR count). The topological polar surface area (TPSA) is 297 Å². The first-order valence-electron chi connectivity index (χ1n) is 45.3. The lowest BCUT2D eigenvalue weighted by Gasteiger charge is -2.12. The summed E-state index contributed by atoms with van der Waals surface area (Å²) in [4.78, 5) is 46.9. The predicted molar refractivity (Wildman–Crippen MR) is 535 cm³/mol. The van der Waals surface area contributed by atoms with Crippen LogP contribution in [0.5, 0.6) is 5.75 Å². The fraction of sp³-hybridized carbons (Fsp3) is 0.237. The lowest BCUT2D eigenvalue weighted by atomic mass is 9.96. The van der Waals surface area contributed by atoms with Gasteiger partial charge in [-0.15, -0.1) is 22.7 Å². The molecule has 16 nitrogen and oxygen atoms in total. The van der Waals surface area contributed by atoms with Crippen LogP contribution in [0.4, 0.5) is 0 Å². The van der Waals surface area contributed by atoms with Gasteiger partial charge in [0, 0.05) is 93.4 Å². The van der Waals surface area contributed by atoms with Crippen molar-refractivity contribution in [3.8, 4) is 149 Å². The molecule has 18 heteroatoms. The summed E-state index contributed by atoms with van der Waals surface area (Å²) in [5, 5.41) is 74.6. The zero-order chi connectivity index (χ0) is 96.5. The highest BCUT2D eigenvalue weighted by Gasteiger charge is 2.18. The van der Waals surface area contributed by atoms with Gasteiger partial charge in [0.25, 0.3) is 5.91 Å². The third-order valence-corrected chi connectivity index (χ3v) is 22.5. The molecular formula is C118H97N13O3S2. The van der Waals surface area contributed by atoms with Crippen LogP contribution in [0.15, 0.2) is 213 Å². The van der Waals surface area contributed by atoms with Gasteiger partial charge in [-0.25, -0.2) is 19.9 Å². The van der Waals surface area contributed by atoms with Gasteiger partial charge in [0.2, 0.25) is 5.82 Å². The van der Waals surface area contributed by atoms with Gasteiger partial charge in [0.15, 0.2) is 5.78 Å². The van der Waals surface area contributed by atoms with Crippen molar-refractivity contribution in [3.63, 3.8) is 0 Å². The fourth-order valence-electron chi connectivity index (χ4n) is 12.9. The molecular weight excluding hydrogens is 1710 g/mol. The van der Waals surface area contributed by atoms with Crippen LogP contribution in [-0.4, -0.2) is 44.8 Å². The van der Waals surface area contributed by atoms with Crippen molar-refractivity contribution in [2.24, 2.45) is 0 Å². The molecule has 136 heavy (non-hydrogen) atoms. The Morgan fingerprint density at radius 2 is 0.684 bits per heavy atom. The molecule has 0 radical (unpaired) electrons. The first kappa shape index (κ1) is 102. The second-order valence-electron chi connectivity index (χ2n) is 30.9. The number of hydrogen-bond acceptors (Lipinski definition) is 17. The number of carbonyl (C=O) groups excluding carboxylic acids is 2. The lowest BCUT2D eigenvalue weighted by Crippen LogP contribution is -2.25. The van der Waals surface area contributed by atoms with Crippen LogP contribution >= 0.6 is 22.7 Å². The summed E-state index contributed by atoms with van der Waals surface area (Å²) >= 11 is 3.22. The van der Waals surface area contributed by atoms with E-state index in [0.717, 1.165) is 137 Å². The second kappa shape index (κ2) is 58.3. The summed E-state index contributed by atoms with van der Waals surface area (Å²) in [5.74, 6) is 50.9. The minimum absolute atomic E-state index is 0.0130. The largest absolute Gasteiger partial charge is 0.492 e. The molecule has 0 aliphatic rings. The van der Waals surface area contributed by atoms with Crippen LogP contribution in [0.25, 0.3) is 0 Å². The first-order chi connectivity index (χ1) is 66.6. The highest BCUT2D eigenvalue weighted by Crippen LogP contribution is 2.29. The maximum Gasteiger partial charge on any atom is 0.252 e. The molecule has 12 aromatic rings. The maximum absolute atomic E-state index is 13.3. The zero-order valence-corrected chi connectivity index (χ0v) is 78.5. The Balaban J connectivity index is 0.000000204. The maximum atomic E-state index is 13.3. The van der Waals surface area contributed by atoms with Crippen LogP contribution in [0, 0.1) is 185 Å². The molecule has 664 valence electrons. The van der Waals surface area contributed by atoms with Crippen molar-refractivity contribution >= 4 is 34.4 Å². The minimum Gasteiger partial charge on any atom is -0.492 e. The van der Waals surface area contributed by atoms with Crippen molar-refractivity contribution in [2.75, 3.05) is 13.2 Å². The highest BCUT2D eigenvalue weighted by molar-refractivity contribution is 7.13. The Morgan fingerprint density at radius 1 is 0.301 bits per heavy atom. The average Bonchev–Trinajstić information content (AvgIpc) is 1.14. The normalized spacial score (nSPS) is 9.57. The highest BCUT2D eigenvalue weighted by atomic mass is 32.1. The van der Waals surface area contributed by atoms with E-state index in [2.05, 4.69) is 203 Å². The molecule has 0 saturated carbocycles. The van der Waals surface area contributed by atoms with E-state index < -0.39 is 0 Å². The number of amides is 1. The van der Waals surface area contributed by atoms with E-state index in [1.165, 1.54) is 74.4 Å². The number of benzene rings is 7. The number of aryl methyl sites for hydroxylation is 2. The van der Waals surface area contributed by atoms with Crippen molar-refractivity contribution < 1.29 is 14.3 Å². The second-order valence-corrected chi connectivity index (χ2v) is 33.0. The third kappa shape index (κ3) is 35.5. The predicted octanol–water partition coefficient (Wildman–Crippen LogP) is 23.5. The number of rotatable bonds is 26. The lowest BCUT2D eigenvalue weighted by molar-refractivity contribution is 0.0950. The number of aromatic nitrogens is 4. The van der Waals surface area contributed by atoms with Crippen molar-refractivity contribution in [3.05, 3.63) is 366 Å². The van der Waals surface area contributed by atoms with Gasteiger partial charge in [-0.1, -0.05) is 195 Å². The van der Waals surface area contributed by atoms with Crippen LogP contribution in [-0.2, 0) is 12.8 Å². The monoisotopic (exact) mass is 1810 g/mol. The quantitative estimate of drug-likeness (QED) is 0.0299. The Hall–Kier alpha value is -17.3. The Bertz CT molecular complexity index is 6840. The minimum atomic E-state index is -0.173. The standard InChI is InChI=1S/C32H29N5O2.C31H25N3O.C28H22N2S.C27H21N3S/c1-3-5-7-9-30(38)29-17-27(13-15-32-36-22-25(19-33)23-37-32)31(39-16-8-6-4-2)18-26(29)12-10-24-11-14-28(20-34)35-21-24;1-2-3-4-5-20-34-31(35)30-21-26(11-6-24-7-12-27(22-32)13-8-24)17-19-29(30)18-16-25-9-14-28(23-33)15-10-25;1-2-3-4-5-6-26-19-27(17-15-22-7-11-24(20-29)12-8-22)31-28(26)18-16-23-9-13-25(21-30)14-10-23;1-2-3-4-5-6-24-17-26(15-14-25-13-11-23(19-29)20-30-25)31-27(24)16-12-21-7-9-22(18-28)10-8-21/h11,14,17-18,21-23H,3-9,16H2,1-2H3;7-10,12-15,17,19,21H,2-5,20H2,1H3,(H,34,35);7-14,19H,2-6H2,1H3;7-11,13,17,20H,2-6H2,1H3. The SMILES string of the molecule is CCCCCCNC(=O)c1cc(C#Cc2ccc(C#N)cc2)ccc1C#Cc1ccc(C#N)cc1.CCCCCCc1cc(C#Cc2ccc(C#N)cc2)sc1C#Cc1ccc(C#N)cc1.CCCCCCc1cc(C#Cc2ccc(C#N)cn2)sc1C#Cc1ccc(C#N)cc1.CCCCCOc1cc(C#Cc2ccc(C#N)nc2)c(C(=O)CCCCC)cc1C#Cc1ncc(C#N)cn1. The summed E-state index contributed by atoms with van der Waals surface area (Å²) in [7, 11) is 0. The van der Waals surface area contributed by atoms with Gasteiger partial charge >= 0.3 is 0 Å². The molecule has 0 atom stereocenters. The molecule has 0 unspecified atom stereocenters. The number of nitrogens with zero attached hydrogens (tertiary/aromatic N) is 12. The average molecular weight is 1810 g/mol. The number of nitriles is 8. The number of pyridine rings is 2. The van der Waals surface area contributed by atoms with E-state index in [0.29, 0.717) is 115 Å². The Morgan fingerprint density at radius 3 is 1.15 bits per heavy atom. The van der Waals surface area contributed by atoms with E-state index in [9.17, 15) is 9.59 Å². The molecule has 0 spiro atoms. The van der Waals surface area contributed by atoms with Gasteiger partial charge in [0.05, 0.1) is 107 Å². The third-order valence-electron chi connectivity index (χ3n) is 20.5. The number of carbonyl (C=O) groups is 2. The van der Waals surface area contributed by atoms with Gasteiger partial charge in [-0.2, -0.15) is 42.1 Å². The fourth-order valence-corrected chi connectivity index (χ4v) is 14.7. The molecule has 1 amide bonds.